The third-order valence-electron chi connectivity index (χ3n) is 5.36. The zero-order chi connectivity index (χ0) is 19.5. The summed E-state index contributed by atoms with van der Waals surface area (Å²) in [6.07, 6.45) is 2.23. The fraction of sp³-hybridized carbons (Fsp3) is 0.318. The Balaban J connectivity index is 1.52. The van der Waals surface area contributed by atoms with Crippen LogP contribution in [0.15, 0.2) is 54.6 Å². The van der Waals surface area contributed by atoms with Crippen molar-refractivity contribution in [1.82, 2.24) is 19.9 Å². The molecule has 1 aromatic heterocycles. The first-order valence-corrected chi connectivity index (χ1v) is 9.57. The Bertz CT molecular complexity index is 968. The lowest BCUT2D eigenvalue weighted by Gasteiger charge is -2.25. The van der Waals surface area contributed by atoms with Gasteiger partial charge in [0.25, 0.3) is 0 Å². The summed E-state index contributed by atoms with van der Waals surface area (Å²) in [7, 11) is 1.66. The summed E-state index contributed by atoms with van der Waals surface area (Å²) in [4.78, 5) is 15.0. The van der Waals surface area contributed by atoms with Crippen molar-refractivity contribution < 1.29 is 9.53 Å². The zero-order valence-electron chi connectivity index (χ0n) is 16.2. The van der Waals surface area contributed by atoms with Gasteiger partial charge < -0.3 is 9.64 Å². The molecule has 0 radical (unpaired) electrons. The second-order valence-electron chi connectivity index (χ2n) is 7.07. The van der Waals surface area contributed by atoms with Crippen LogP contribution in [0.4, 0.5) is 0 Å². The van der Waals surface area contributed by atoms with Gasteiger partial charge in [-0.1, -0.05) is 35.5 Å². The Morgan fingerprint density at radius 3 is 2.79 bits per heavy atom. The molecule has 2 aromatic carbocycles. The van der Waals surface area contributed by atoms with Crippen LogP contribution in [0.25, 0.3) is 5.69 Å². The molecule has 0 aliphatic carbocycles. The lowest BCUT2D eigenvalue weighted by atomic mass is 10.0. The largest absolute Gasteiger partial charge is 0.497 e. The second-order valence-corrected chi connectivity index (χ2v) is 7.07. The number of rotatable bonds is 5. The molecule has 0 unspecified atom stereocenters. The van der Waals surface area contributed by atoms with Crippen molar-refractivity contribution >= 4 is 5.91 Å². The number of likely N-dealkylation sites (tertiary alicyclic amines) is 1. The number of ether oxygens (including phenoxy) is 1. The van der Waals surface area contributed by atoms with Crippen LogP contribution in [0.3, 0.4) is 0 Å². The van der Waals surface area contributed by atoms with Gasteiger partial charge in [0.2, 0.25) is 5.91 Å². The van der Waals surface area contributed by atoms with Gasteiger partial charge in [-0.15, -0.1) is 5.10 Å². The van der Waals surface area contributed by atoms with Crippen molar-refractivity contribution in [2.24, 2.45) is 0 Å². The maximum atomic E-state index is 13.1. The first-order valence-electron chi connectivity index (χ1n) is 9.57. The van der Waals surface area contributed by atoms with Crippen molar-refractivity contribution in [3.8, 4) is 11.4 Å². The van der Waals surface area contributed by atoms with Crippen molar-refractivity contribution in [3.63, 3.8) is 0 Å². The SMILES string of the molecule is COc1cccc([C@H]2CCCN2C(=O)Cc2nnn(-c3ccccc3)c2C)c1. The molecule has 0 bridgehead atoms. The van der Waals surface area contributed by atoms with Gasteiger partial charge >= 0.3 is 0 Å². The molecule has 6 nitrogen and oxygen atoms in total. The van der Waals surface area contributed by atoms with Crippen LogP contribution in [0.1, 0.15) is 35.8 Å². The molecule has 1 aliphatic rings. The van der Waals surface area contributed by atoms with E-state index in [1.165, 1.54) is 0 Å². The molecular weight excluding hydrogens is 352 g/mol. The predicted molar refractivity (Wildman–Crippen MR) is 106 cm³/mol. The molecule has 6 heteroatoms. The number of amides is 1. The molecule has 4 rings (SSSR count). The standard InChI is InChI=1S/C22H24N4O2/c1-16-20(23-24-26(16)18-9-4-3-5-10-18)15-22(27)25-13-7-12-21(25)17-8-6-11-19(14-17)28-2/h3-6,8-11,14,21H,7,12-13,15H2,1-2H3/t21-/m1/s1. The number of benzene rings is 2. The van der Waals surface area contributed by atoms with Crippen molar-refractivity contribution in [2.75, 3.05) is 13.7 Å². The Morgan fingerprint density at radius 1 is 1.18 bits per heavy atom. The van der Waals surface area contributed by atoms with Gasteiger partial charge in [-0.05, 0) is 49.6 Å². The summed E-state index contributed by atoms with van der Waals surface area (Å²) in [5, 5.41) is 8.52. The molecule has 144 valence electrons. The van der Waals surface area contributed by atoms with Crippen LogP contribution in [0.5, 0.6) is 5.75 Å². The molecule has 0 saturated carbocycles. The molecule has 1 amide bonds. The average molecular weight is 376 g/mol. The van der Waals surface area contributed by atoms with E-state index in [1.54, 1.807) is 11.8 Å². The maximum absolute atomic E-state index is 13.1. The Labute approximate surface area is 164 Å². The number of methoxy groups -OCH3 is 1. The molecule has 1 saturated heterocycles. The van der Waals surface area contributed by atoms with E-state index >= 15 is 0 Å². The average Bonchev–Trinajstić information content (AvgIpc) is 3.36. The van der Waals surface area contributed by atoms with Crippen molar-refractivity contribution in [3.05, 3.63) is 71.5 Å². The van der Waals surface area contributed by atoms with Crippen LogP contribution in [-0.2, 0) is 11.2 Å². The Morgan fingerprint density at radius 2 is 2.00 bits per heavy atom. The molecule has 1 aliphatic heterocycles. The number of aromatic nitrogens is 3. The molecular formula is C22H24N4O2. The minimum atomic E-state index is 0.0899. The summed E-state index contributed by atoms with van der Waals surface area (Å²) >= 11 is 0. The van der Waals surface area contributed by atoms with Crippen LogP contribution in [0, 0.1) is 6.92 Å². The molecule has 28 heavy (non-hydrogen) atoms. The summed E-state index contributed by atoms with van der Waals surface area (Å²) in [5.74, 6) is 0.909. The fourth-order valence-electron chi connectivity index (χ4n) is 3.84. The third-order valence-corrected chi connectivity index (χ3v) is 5.36. The molecule has 1 fully saturated rings. The van der Waals surface area contributed by atoms with Gasteiger partial charge in [-0.25, -0.2) is 4.68 Å². The third kappa shape index (κ3) is 3.50. The smallest absolute Gasteiger partial charge is 0.229 e. The quantitative estimate of drug-likeness (QED) is 0.684. The predicted octanol–water partition coefficient (Wildman–Crippen LogP) is 3.49. The van der Waals surface area contributed by atoms with E-state index in [9.17, 15) is 4.79 Å². The molecule has 2 heterocycles. The molecule has 0 N–H and O–H groups in total. The van der Waals surface area contributed by atoms with Crippen molar-refractivity contribution in [2.45, 2.75) is 32.2 Å². The fourth-order valence-corrected chi connectivity index (χ4v) is 3.84. The number of carbonyl (C=O) groups excluding carboxylic acids is 1. The summed E-state index contributed by atoms with van der Waals surface area (Å²) in [6.45, 7) is 2.73. The van der Waals surface area contributed by atoms with Crippen LogP contribution in [0.2, 0.25) is 0 Å². The Hall–Kier alpha value is -3.15. The lowest BCUT2D eigenvalue weighted by molar-refractivity contribution is -0.131. The minimum Gasteiger partial charge on any atom is -0.497 e. The van der Waals surface area contributed by atoms with E-state index < -0.39 is 0 Å². The van der Waals surface area contributed by atoms with Crippen LogP contribution in [-0.4, -0.2) is 39.5 Å². The first-order chi connectivity index (χ1) is 13.7. The minimum absolute atomic E-state index is 0.0899. The lowest BCUT2D eigenvalue weighted by Crippen LogP contribution is -2.32. The van der Waals surface area contributed by atoms with E-state index in [0.29, 0.717) is 0 Å². The number of carbonyl (C=O) groups is 1. The van der Waals surface area contributed by atoms with Gasteiger partial charge in [-0.3, -0.25) is 4.79 Å². The summed E-state index contributed by atoms with van der Waals surface area (Å²) in [5.41, 5.74) is 3.69. The maximum Gasteiger partial charge on any atom is 0.229 e. The van der Waals surface area contributed by atoms with Gasteiger partial charge in [-0.2, -0.15) is 0 Å². The molecule has 0 spiro atoms. The summed E-state index contributed by atoms with van der Waals surface area (Å²) in [6, 6.07) is 17.9. The highest BCUT2D eigenvalue weighted by Gasteiger charge is 2.31. The monoisotopic (exact) mass is 376 g/mol. The number of hydrogen-bond acceptors (Lipinski definition) is 4. The highest BCUT2D eigenvalue weighted by Crippen LogP contribution is 2.34. The van der Waals surface area contributed by atoms with Crippen LogP contribution >= 0.6 is 0 Å². The van der Waals surface area contributed by atoms with Gasteiger partial charge in [0.05, 0.1) is 36.6 Å². The van der Waals surface area contributed by atoms with Gasteiger partial charge in [0.15, 0.2) is 0 Å². The van der Waals surface area contributed by atoms with E-state index in [4.69, 9.17) is 4.74 Å². The zero-order valence-corrected chi connectivity index (χ0v) is 16.2. The molecule has 3 aromatic rings. The van der Waals surface area contributed by atoms with Gasteiger partial charge in [0.1, 0.15) is 5.75 Å². The van der Waals surface area contributed by atoms with E-state index in [-0.39, 0.29) is 18.4 Å². The highest BCUT2D eigenvalue weighted by molar-refractivity contribution is 5.79. The number of hydrogen-bond donors (Lipinski definition) is 0. The number of nitrogens with zero attached hydrogens (tertiary/aromatic N) is 4. The van der Waals surface area contributed by atoms with E-state index in [2.05, 4.69) is 16.4 Å². The highest BCUT2D eigenvalue weighted by atomic mass is 16.5. The Kier molecular flexibility index (Phi) is 5.10. The normalized spacial score (nSPS) is 16.4. The first kappa shape index (κ1) is 18.2. The topological polar surface area (TPSA) is 60.2 Å². The van der Waals surface area contributed by atoms with E-state index in [1.807, 2.05) is 60.4 Å². The van der Waals surface area contributed by atoms with E-state index in [0.717, 1.165) is 47.8 Å². The van der Waals surface area contributed by atoms with Crippen LogP contribution < -0.4 is 4.74 Å². The van der Waals surface area contributed by atoms with Crippen molar-refractivity contribution in [1.29, 1.82) is 0 Å². The number of para-hydroxylation sites is 1. The summed E-state index contributed by atoms with van der Waals surface area (Å²) < 4.78 is 7.13. The van der Waals surface area contributed by atoms with Gasteiger partial charge in [0, 0.05) is 6.54 Å². The second kappa shape index (κ2) is 7.84. The molecule has 1 atom stereocenters.